The molecule has 0 saturated heterocycles. The van der Waals surface area contributed by atoms with Gasteiger partial charge in [-0.25, -0.2) is 14.3 Å². The molecule has 4 rings (SSSR count). The summed E-state index contributed by atoms with van der Waals surface area (Å²) >= 11 is 0. The highest BCUT2D eigenvalue weighted by Crippen LogP contribution is 2.27. The van der Waals surface area contributed by atoms with Gasteiger partial charge in [-0.2, -0.15) is 0 Å². The Morgan fingerprint density at radius 2 is 1.73 bits per heavy atom. The molecule has 0 aliphatic carbocycles. The number of benzene rings is 2. The molecule has 2 aromatic heterocycles. The number of hydrogen-bond donors (Lipinski definition) is 1. The van der Waals surface area contributed by atoms with Gasteiger partial charge < -0.3 is 18.7 Å². The van der Waals surface area contributed by atoms with Gasteiger partial charge in [0, 0.05) is 18.5 Å². The molecule has 1 atom stereocenters. The van der Waals surface area contributed by atoms with Crippen LogP contribution in [0.2, 0.25) is 0 Å². The van der Waals surface area contributed by atoms with Crippen molar-refractivity contribution in [3.05, 3.63) is 99.9 Å². The molecule has 2 aromatic carbocycles. The van der Waals surface area contributed by atoms with E-state index in [1.165, 1.54) is 23.8 Å². The molecule has 41 heavy (non-hydrogen) atoms. The highest BCUT2D eigenvalue weighted by Gasteiger charge is 2.21. The van der Waals surface area contributed by atoms with E-state index >= 15 is 0 Å². The minimum Gasteiger partial charge on any atom is -0.492 e. The Balaban J connectivity index is 1.22. The lowest BCUT2D eigenvalue weighted by molar-refractivity contribution is 0.301. The predicted molar refractivity (Wildman–Crippen MR) is 162 cm³/mol. The van der Waals surface area contributed by atoms with Gasteiger partial charge in [0.1, 0.15) is 24.3 Å². The van der Waals surface area contributed by atoms with E-state index in [4.69, 9.17) is 13.6 Å². The summed E-state index contributed by atoms with van der Waals surface area (Å²) in [4.78, 5) is 17.0. The van der Waals surface area contributed by atoms with Crippen LogP contribution in [-0.2, 0) is 19.4 Å². The molecule has 2 heterocycles. The largest absolute Gasteiger partial charge is 0.492 e. The van der Waals surface area contributed by atoms with Gasteiger partial charge >= 0.3 is 5.76 Å². The Bertz CT molecular complexity index is 1400. The summed E-state index contributed by atoms with van der Waals surface area (Å²) in [6.07, 6.45) is 15.0. The van der Waals surface area contributed by atoms with Gasteiger partial charge in [-0.1, -0.05) is 88.4 Å². The number of ether oxygens (including phenoxy) is 1. The quantitative estimate of drug-likeness (QED) is 0.131. The third kappa shape index (κ3) is 9.00. The van der Waals surface area contributed by atoms with Gasteiger partial charge in [-0.15, -0.1) is 0 Å². The van der Waals surface area contributed by atoms with Crippen molar-refractivity contribution >= 4 is 12.2 Å². The van der Waals surface area contributed by atoms with Crippen molar-refractivity contribution in [1.29, 1.82) is 0 Å². The average Bonchev–Trinajstić information content (AvgIpc) is 3.57. The molecule has 0 fully saturated rings. The average molecular weight is 559 g/mol. The van der Waals surface area contributed by atoms with E-state index in [0.717, 1.165) is 61.1 Å². The van der Waals surface area contributed by atoms with E-state index < -0.39 is 5.76 Å². The molecule has 0 aliphatic heterocycles. The maximum absolute atomic E-state index is 12.5. The van der Waals surface area contributed by atoms with Gasteiger partial charge in [-0.3, -0.25) is 0 Å². The summed E-state index contributed by atoms with van der Waals surface area (Å²) < 4.78 is 18.3. The monoisotopic (exact) mass is 558 g/mol. The van der Waals surface area contributed by atoms with Gasteiger partial charge in [0.2, 0.25) is 11.8 Å². The van der Waals surface area contributed by atoms with Crippen molar-refractivity contribution in [2.75, 3.05) is 0 Å². The molecular weight excluding hydrogens is 516 g/mol. The van der Waals surface area contributed by atoms with Crippen LogP contribution in [0.15, 0.2) is 74.5 Å². The summed E-state index contributed by atoms with van der Waals surface area (Å²) in [6, 6.07) is 17.9. The Morgan fingerprint density at radius 3 is 2.49 bits per heavy atom. The third-order valence-corrected chi connectivity index (χ3v) is 7.33. The second-order valence-electron chi connectivity index (χ2n) is 10.5. The number of oxazole rings is 2. The maximum atomic E-state index is 12.5. The van der Waals surface area contributed by atoms with Crippen LogP contribution in [0.25, 0.3) is 12.2 Å². The number of aryl methyl sites for hydroxylation is 2. The summed E-state index contributed by atoms with van der Waals surface area (Å²) in [6.45, 7) is 4.57. The topological polar surface area (TPSA) is 90.6 Å². The highest BCUT2D eigenvalue weighted by atomic mass is 16.5. The molecule has 7 heteroatoms. The molecule has 0 amide bonds. The second-order valence-corrected chi connectivity index (χ2v) is 10.5. The van der Waals surface area contributed by atoms with E-state index in [1.807, 2.05) is 66.7 Å². The van der Waals surface area contributed by atoms with Crippen LogP contribution in [0.3, 0.4) is 0 Å². The highest BCUT2D eigenvalue weighted by molar-refractivity contribution is 5.65. The van der Waals surface area contributed by atoms with Crippen LogP contribution in [-0.4, -0.2) is 14.7 Å². The van der Waals surface area contributed by atoms with Crippen LogP contribution in [0.4, 0.5) is 0 Å². The molecular formula is C34H42N2O5. The van der Waals surface area contributed by atoms with Gasteiger partial charge in [0.15, 0.2) is 5.76 Å². The lowest BCUT2D eigenvalue weighted by Gasteiger charge is -2.15. The lowest BCUT2D eigenvalue weighted by atomic mass is 10.0. The number of rotatable bonds is 17. The second kappa shape index (κ2) is 15.7. The molecule has 1 unspecified atom stereocenters. The van der Waals surface area contributed by atoms with Crippen LogP contribution in [0, 0.1) is 0 Å². The summed E-state index contributed by atoms with van der Waals surface area (Å²) in [5.41, 5.74) is 2.95. The van der Waals surface area contributed by atoms with Crippen LogP contribution < -0.4 is 10.5 Å². The molecule has 0 spiro atoms. The number of aromatic hydroxyl groups is 1. The smallest absolute Gasteiger partial charge is 0.422 e. The van der Waals surface area contributed by atoms with Gasteiger partial charge in [-0.05, 0) is 55.0 Å². The van der Waals surface area contributed by atoms with E-state index in [1.54, 1.807) is 6.26 Å². The third-order valence-electron chi connectivity index (χ3n) is 7.33. The number of hydrogen-bond acceptors (Lipinski definition) is 6. The lowest BCUT2D eigenvalue weighted by Crippen LogP contribution is -2.19. The SMILES string of the molecule is CCCCCCCC(CC)n1c(O)c(CCCc2ccc(OCc3coc(C=Cc4ccccc4)n3)cc2)oc1=O. The van der Waals surface area contributed by atoms with Crippen LogP contribution in [0.1, 0.15) is 99.7 Å². The Labute approximate surface area is 242 Å². The molecule has 1 N–H and O–H groups in total. The first kappa shape index (κ1) is 30.0. The number of unbranched alkanes of at least 4 members (excludes halogenated alkanes) is 4. The molecule has 218 valence electrons. The van der Waals surface area contributed by atoms with Gasteiger partial charge in [0.25, 0.3) is 0 Å². The number of nitrogens with zero attached hydrogens (tertiary/aromatic N) is 2. The first-order valence-corrected chi connectivity index (χ1v) is 14.9. The maximum Gasteiger partial charge on any atom is 0.422 e. The molecule has 0 bridgehead atoms. The molecule has 0 aliphatic rings. The van der Waals surface area contributed by atoms with Crippen LogP contribution in [0.5, 0.6) is 11.6 Å². The summed E-state index contributed by atoms with van der Waals surface area (Å²) in [5, 5.41) is 10.8. The zero-order chi connectivity index (χ0) is 28.9. The van der Waals surface area contributed by atoms with Crippen molar-refractivity contribution in [2.24, 2.45) is 0 Å². The van der Waals surface area contributed by atoms with E-state index in [9.17, 15) is 9.90 Å². The fourth-order valence-corrected chi connectivity index (χ4v) is 4.97. The predicted octanol–water partition coefficient (Wildman–Crippen LogP) is 8.37. The molecule has 7 nitrogen and oxygen atoms in total. The Morgan fingerprint density at radius 1 is 0.951 bits per heavy atom. The number of aromatic nitrogens is 2. The zero-order valence-corrected chi connectivity index (χ0v) is 24.3. The van der Waals surface area contributed by atoms with E-state index in [2.05, 4.69) is 18.8 Å². The van der Waals surface area contributed by atoms with Crippen molar-refractivity contribution < 1.29 is 18.7 Å². The Kier molecular flexibility index (Phi) is 11.5. The summed E-state index contributed by atoms with van der Waals surface area (Å²) in [7, 11) is 0. The fourth-order valence-electron chi connectivity index (χ4n) is 4.97. The Hall–Kier alpha value is -4.00. The van der Waals surface area contributed by atoms with E-state index in [0.29, 0.717) is 24.7 Å². The van der Waals surface area contributed by atoms with E-state index in [-0.39, 0.29) is 11.9 Å². The van der Waals surface area contributed by atoms with Crippen molar-refractivity contribution in [2.45, 2.75) is 90.7 Å². The first-order chi connectivity index (χ1) is 20.1. The van der Waals surface area contributed by atoms with Crippen LogP contribution >= 0.6 is 0 Å². The molecule has 0 saturated carbocycles. The normalized spacial score (nSPS) is 12.2. The fraction of sp³-hybridized carbons (Fsp3) is 0.412. The first-order valence-electron chi connectivity index (χ1n) is 14.9. The molecule has 0 radical (unpaired) electrons. The minimum atomic E-state index is -0.453. The van der Waals surface area contributed by atoms with Gasteiger partial charge in [0.05, 0.1) is 0 Å². The standard InChI is InChI=1S/C34H42N2O5/c1-3-5-6-7-11-16-29(4-2)36-33(37)31(41-34(36)38)17-12-15-27-18-21-30(22-19-27)39-24-28-25-40-32(35-28)23-20-26-13-9-8-10-14-26/h8-10,13-14,18-23,25,29,37H,3-7,11-12,15-17,24H2,1-2H3. The minimum absolute atomic E-state index is 0.00859. The zero-order valence-electron chi connectivity index (χ0n) is 24.3. The molecule has 4 aromatic rings. The summed E-state index contributed by atoms with van der Waals surface area (Å²) in [5.74, 6) is 1.20. The van der Waals surface area contributed by atoms with Crippen molar-refractivity contribution in [3.63, 3.8) is 0 Å². The van der Waals surface area contributed by atoms with Crippen molar-refractivity contribution in [1.82, 2.24) is 9.55 Å². The van der Waals surface area contributed by atoms with Crippen molar-refractivity contribution in [3.8, 4) is 11.6 Å².